The average molecular weight is 228 g/mol. The van der Waals surface area contributed by atoms with Crippen molar-refractivity contribution in [1.82, 2.24) is 0 Å². The van der Waals surface area contributed by atoms with E-state index in [1.807, 2.05) is 0 Å². The van der Waals surface area contributed by atoms with Crippen LogP contribution in [0.15, 0.2) is 0 Å². The zero-order valence-electron chi connectivity index (χ0n) is 6.61. The number of aliphatic hydroxyl groups is 4. The summed E-state index contributed by atoms with van der Waals surface area (Å²) < 4.78 is 3.24. The number of rotatable bonds is 1. The second kappa shape index (κ2) is 3.93. The Morgan fingerprint density at radius 2 is 1.77 bits per heavy atom. The van der Waals surface area contributed by atoms with Crippen LogP contribution < -0.4 is 0 Å². The topological polar surface area (TPSA) is 90.2 Å². The average Bonchev–Trinajstić information content (AvgIpc) is 2.09. The lowest BCUT2D eigenvalue weighted by molar-refractivity contribution is -0.240. The molecule has 4 N–H and O–H groups in total. The molecule has 4 atom stereocenters. The summed E-state index contributed by atoms with van der Waals surface area (Å²) in [4.78, 5) is 0. The van der Waals surface area contributed by atoms with Gasteiger partial charge in [-0.2, -0.15) is 25.3 Å². The van der Waals surface area contributed by atoms with Crippen molar-refractivity contribution in [2.45, 2.75) is 28.7 Å². The summed E-state index contributed by atoms with van der Waals surface area (Å²) in [5, 5.41) is 36.8. The van der Waals surface area contributed by atoms with Crippen LogP contribution in [0.3, 0.4) is 0 Å². The summed E-state index contributed by atoms with van der Waals surface area (Å²) in [6.07, 6.45) is -5.16. The third-order valence-corrected chi connectivity index (χ3v) is 2.96. The maximum Gasteiger partial charge on any atom is 0.181 e. The molecule has 1 heterocycles. The second-order valence-electron chi connectivity index (χ2n) is 2.93. The molecule has 0 amide bonds. The van der Waals surface area contributed by atoms with Crippen LogP contribution in [-0.4, -0.2) is 55.7 Å². The van der Waals surface area contributed by atoms with Crippen molar-refractivity contribution in [2.24, 2.45) is 0 Å². The molecule has 13 heavy (non-hydrogen) atoms. The molecular formula is C6H12O5S2. The Hall–Kier alpha value is 0.500. The van der Waals surface area contributed by atoms with Crippen molar-refractivity contribution in [3.8, 4) is 0 Å². The molecule has 0 radical (unpaired) electrons. The molecule has 1 aliphatic rings. The lowest BCUT2D eigenvalue weighted by Gasteiger charge is -2.43. The largest absolute Gasteiger partial charge is 0.394 e. The molecule has 78 valence electrons. The van der Waals surface area contributed by atoms with Gasteiger partial charge in [0.25, 0.3) is 0 Å². The van der Waals surface area contributed by atoms with Gasteiger partial charge in [-0.25, -0.2) is 0 Å². The minimum atomic E-state index is -1.54. The third-order valence-electron chi connectivity index (χ3n) is 1.99. The maximum absolute atomic E-state index is 9.42. The highest BCUT2D eigenvalue weighted by Crippen LogP contribution is 2.36. The van der Waals surface area contributed by atoms with Crippen LogP contribution in [0.25, 0.3) is 0 Å². The lowest BCUT2D eigenvalue weighted by atomic mass is 10.0. The summed E-state index contributed by atoms with van der Waals surface area (Å²) in [5.41, 5.74) is 0. The van der Waals surface area contributed by atoms with Crippen molar-refractivity contribution in [2.75, 3.05) is 6.61 Å². The van der Waals surface area contributed by atoms with E-state index in [4.69, 9.17) is 9.84 Å². The summed E-state index contributed by atoms with van der Waals surface area (Å²) in [6, 6.07) is 0. The van der Waals surface area contributed by atoms with E-state index in [1.54, 1.807) is 0 Å². The van der Waals surface area contributed by atoms with Gasteiger partial charge in [0.2, 0.25) is 0 Å². The number of thiol groups is 2. The van der Waals surface area contributed by atoms with Gasteiger partial charge in [0.15, 0.2) is 6.29 Å². The zero-order chi connectivity index (χ0) is 10.2. The molecule has 0 spiro atoms. The van der Waals surface area contributed by atoms with Gasteiger partial charge in [0.1, 0.15) is 22.4 Å². The number of ether oxygens (including phenoxy) is 1. The van der Waals surface area contributed by atoms with Crippen molar-refractivity contribution in [3.05, 3.63) is 0 Å². The predicted molar refractivity (Wildman–Crippen MR) is 50.7 cm³/mol. The standard InChI is InChI=1S/C6H12O5S2/c7-1-2-3(8)4(9)6(12,13)5(10)11-2/h2-5,7-10,12-13H,1H2/t2-,3-,4-,5+/m1/s1. The van der Waals surface area contributed by atoms with Gasteiger partial charge >= 0.3 is 0 Å². The quantitative estimate of drug-likeness (QED) is 0.230. The third kappa shape index (κ3) is 1.96. The molecule has 1 fully saturated rings. The van der Waals surface area contributed by atoms with E-state index in [1.165, 1.54) is 0 Å². The molecule has 0 aliphatic carbocycles. The van der Waals surface area contributed by atoms with E-state index >= 15 is 0 Å². The fraction of sp³-hybridized carbons (Fsp3) is 1.00. The molecule has 0 aromatic carbocycles. The fourth-order valence-corrected chi connectivity index (χ4v) is 1.53. The summed E-state index contributed by atoms with van der Waals surface area (Å²) >= 11 is 7.69. The van der Waals surface area contributed by atoms with Gasteiger partial charge in [-0.15, -0.1) is 0 Å². The fourth-order valence-electron chi connectivity index (χ4n) is 1.10. The molecule has 1 aliphatic heterocycles. The SMILES string of the molecule is OC[C@H]1O[C@H](O)C(S)(S)[C@H](O)[C@@H]1O. The van der Waals surface area contributed by atoms with E-state index in [9.17, 15) is 15.3 Å². The van der Waals surface area contributed by atoms with Crippen LogP contribution in [0.5, 0.6) is 0 Å². The summed E-state index contributed by atoms with van der Waals surface area (Å²) in [5.74, 6) is 0. The van der Waals surface area contributed by atoms with E-state index in [0.29, 0.717) is 0 Å². The molecule has 0 saturated carbocycles. The highest BCUT2D eigenvalue weighted by atomic mass is 32.2. The van der Waals surface area contributed by atoms with Crippen LogP contribution in [0.1, 0.15) is 0 Å². The Balaban J connectivity index is 2.79. The Morgan fingerprint density at radius 1 is 1.23 bits per heavy atom. The molecule has 0 aromatic heterocycles. The number of hydrogen-bond donors (Lipinski definition) is 6. The molecule has 1 rings (SSSR count). The first kappa shape index (κ1) is 11.6. The van der Waals surface area contributed by atoms with Crippen molar-refractivity contribution >= 4 is 25.3 Å². The number of hydrogen-bond acceptors (Lipinski definition) is 7. The van der Waals surface area contributed by atoms with Crippen LogP contribution >= 0.6 is 25.3 Å². The number of aliphatic hydroxyl groups excluding tert-OH is 4. The Labute approximate surface area is 86.2 Å². The molecule has 0 unspecified atom stereocenters. The van der Waals surface area contributed by atoms with Gasteiger partial charge in [0, 0.05) is 0 Å². The Kier molecular flexibility index (Phi) is 3.50. The van der Waals surface area contributed by atoms with Gasteiger partial charge < -0.3 is 25.2 Å². The van der Waals surface area contributed by atoms with E-state index in [0.717, 1.165) is 0 Å². The van der Waals surface area contributed by atoms with Gasteiger partial charge in [-0.1, -0.05) is 0 Å². The first-order chi connectivity index (χ1) is 5.91. The molecule has 0 aromatic rings. The monoisotopic (exact) mass is 228 g/mol. The van der Waals surface area contributed by atoms with Crippen molar-refractivity contribution < 1.29 is 25.2 Å². The summed E-state index contributed by atoms with van der Waals surface area (Å²) in [6.45, 7) is -0.493. The first-order valence-electron chi connectivity index (χ1n) is 3.66. The van der Waals surface area contributed by atoms with Crippen molar-refractivity contribution in [1.29, 1.82) is 0 Å². The maximum atomic E-state index is 9.42. The van der Waals surface area contributed by atoms with Gasteiger partial charge in [-0.05, 0) is 0 Å². The Bertz CT molecular complexity index is 188. The predicted octanol–water partition coefficient (Wildman–Crippen LogP) is -2.03. The normalized spacial score (nSPS) is 44.8. The minimum Gasteiger partial charge on any atom is -0.394 e. The molecular weight excluding hydrogens is 216 g/mol. The second-order valence-corrected chi connectivity index (χ2v) is 4.76. The van der Waals surface area contributed by atoms with Crippen LogP contribution in [0.4, 0.5) is 0 Å². The first-order valence-corrected chi connectivity index (χ1v) is 4.56. The minimum absolute atomic E-state index is 0.493. The van der Waals surface area contributed by atoms with E-state index in [-0.39, 0.29) is 0 Å². The molecule has 7 heteroatoms. The van der Waals surface area contributed by atoms with E-state index in [2.05, 4.69) is 25.3 Å². The molecule has 1 saturated heterocycles. The van der Waals surface area contributed by atoms with Gasteiger partial charge in [0.05, 0.1) is 6.61 Å². The van der Waals surface area contributed by atoms with Crippen molar-refractivity contribution in [3.63, 3.8) is 0 Å². The van der Waals surface area contributed by atoms with Crippen LogP contribution in [0.2, 0.25) is 0 Å². The van der Waals surface area contributed by atoms with Crippen LogP contribution in [0, 0.1) is 0 Å². The molecule has 5 nitrogen and oxygen atoms in total. The summed E-state index contributed by atoms with van der Waals surface area (Å²) in [7, 11) is 0. The highest BCUT2D eigenvalue weighted by Gasteiger charge is 2.50. The Morgan fingerprint density at radius 3 is 2.23 bits per heavy atom. The lowest BCUT2D eigenvalue weighted by Crippen LogP contribution is -2.61. The smallest absolute Gasteiger partial charge is 0.181 e. The van der Waals surface area contributed by atoms with E-state index < -0.39 is 35.3 Å². The highest BCUT2D eigenvalue weighted by molar-refractivity contribution is 8.00. The molecule has 0 bridgehead atoms. The van der Waals surface area contributed by atoms with Crippen LogP contribution in [-0.2, 0) is 4.74 Å². The zero-order valence-corrected chi connectivity index (χ0v) is 8.40. The van der Waals surface area contributed by atoms with Gasteiger partial charge in [-0.3, -0.25) is 0 Å².